The number of methoxy groups -OCH3 is 2. The molecule has 0 aromatic heterocycles. The normalized spacial score (nSPS) is 30.3. The van der Waals surface area contributed by atoms with Crippen LogP contribution in [0.4, 0.5) is 10.5 Å². The van der Waals surface area contributed by atoms with E-state index in [4.69, 9.17) is 35.3 Å². The number of anilines is 1. The third-order valence-electron chi connectivity index (χ3n) is 15.2. The highest BCUT2D eigenvalue weighted by Gasteiger charge is 2.64. The molecule has 2 unspecified atom stereocenters. The van der Waals surface area contributed by atoms with Gasteiger partial charge in [0.15, 0.2) is 5.72 Å². The molecule has 1 aliphatic carbocycles. The number of imide groups is 1. The molecule has 5 aliphatic rings. The molecule has 76 heavy (non-hydrogen) atoms. The molecular formula is C55H78ClN5O13S2. The molecule has 6 rings (SSSR count). The van der Waals surface area contributed by atoms with E-state index in [1.54, 1.807) is 64.0 Å². The van der Waals surface area contributed by atoms with Gasteiger partial charge >= 0.3 is 12.1 Å². The molecule has 1 saturated carbocycles. The van der Waals surface area contributed by atoms with Crippen molar-refractivity contribution in [3.63, 3.8) is 0 Å². The number of nitrogens with one attached hydrogen (secondary N) is 2. The monoisotopic (exact) mass is 1120 g/mol. The van der Waals surface area contributed by atoms with Gasteiger partial charge in [0.1, 0.15) is 40.7 Å². The van der Waals surface area contributed by atoms with E-state index in [-0.39, 0.29) is 66.2 Å². The third-order valence-corrected chi connectivity index (χ3v) is 17.5. The Kier molecular flexibility index (Phi) is 21.8. The van der Waals surface area contributed by atoms with Gasteiger partial charge < -0.3 is 43.9 Å². The number of allylic oxidation sites excluding steroid dienone is 3. The summed E-state index contributed by atoms with van der Waals surface area (Å²) in [5, 5.41) is 19.5. The number of halogens is 1. The Morgan fingerprint density at radius 2 is 1.79 bits per heavy atom. The van der Waals surface area contributed by atoms with Gasteiger partial charge in [-0.3, -0.25) is 34.2 Å². The van der Waals surface area contributed by atoms with E-state index in [2.05, 4.69) is 21.8 Å². The quantitative estimate of drug-likeness (QED) is 0.0799. The van der Waals surface area contributed by atoms with Crippen molar-refractivity contribution < 1.29 is 62.4 Å². The van der Waals surface area contributed by atoms with Crippen molar-refractivity contribution >= 4 is 82.4 Å². The lowest BCUT2D eigenvalue weighted by Crippen LogP contribution is -2.63. The van der Waals surface area contributed by atoms with Crippen LogP contribution < -0.4 is 20.3 Å². The summed E-state index contributed by atoms with van der Waals surface area (Å²) in [6.07, 6.45) is 5.85. The van der Waals surface area contributed by atoms with Crippen LogP contribution in [0, 0.1) is 28.9 Å². The zero-order valence-corrected chi connectivity index (χ0v) is 48.6. The fourth-order valence-electron chi connectivity index (χ4n) is 10.4. The predicted molar refractivity (Wildman–Crippen MR) is 293 cm³/mol. The molecule has 4 fully saturated rings. The number of likely N-dealkylation sites (tertiary alicyclic amines) is 1. The van der Waals surface area contributed by atoms with Crippen LogP contribution in [0.1, 0.15) is 112 Å². The lowest BCUT2D eigenvalue weighted by atomic mass is 9.81. The maximum Gasteiger partial charge on any atom is 0.409 e. The van der Waals surface area contributed by atoms with E-state index in [1.807, 2.05) is 40.0 Å². The number of fused-ring (bicyclic) bond motifs is 5. The lowest BCUT2D eigenvalue weighted by molar-refractivity contribution is -0.162. The van der Waals surface area contributed by atoms with Gasteiger partial charge in [-0.1, -0.05) is 73.9 Å². The summed E-state index contributed by atoms with van der Waals surface area (Å²) in [5.41, 5.74) is -1.13. The molecule has 6 amide bonds. The largest absolute Gasteiger partial charge is 0.495 e. The van der Waals surface area contributed by atoms with Gasteiger partial charge in [0, 0.05) is 70.6 Å². The van der Waals surface area contributed by atoms with Crippen LogP contribution in [0.15, 0.2) is 35.9 Å². The molecule has 18 nitrogen and oxygen atoms in total. The van der Waals surface area contributed by atoms with Gasteiger partial charge in [-0.25, -0.2) is 9.59 Å². The third kappa shape index (κ3) is 15.3. The van der Waals surface area contributed by atoms with Gasteiger partial charge in [0.25, 0.3) is 0 Å². The maximum atomic E-state index is 14.4. The zero-order chi connectivity index (χ0) is 56.4. The van der Waals surface area contributed by atoms with E-state index in [1.165, 1.54) is 54.7 Å². The van der Waals surface area contributed by atoms with Crippen molar-refractivity contribution in [2.24, 2.45) is 17.8 Å². The van der Waals surface area contributed by atoms with Gasteiger partial charge in [0.2, 0.25) is 29.5 Å². The highest BCUT2D eigenvalue weighted by Crippen LogP contribution is 2.49. The number of aliphatic hydroxyl groups is 1. The number of nitrogens with zero attached hydrogens (tertiary/aromatic N) is 3. The number of hydrogen-bond acceptors (Lipinski definition) is 15. The Balaban J connectivity index is 0.00000203. The summed E-state index contributed by atoms with van der Waals surface area (Å²) in [5.74, 6) is 0.517. The number of hydrogen-bond donors (Lipinski definition) is 3. The predicted octanol–water partition coefficient (Wildman–Crippen LogP) is 6.82. The molecule has 3 saturated heterocycles. The number of carbonyl (C=O) groups is 7. The number of alkyl carbamates (subject to hydrolysis) is 1. The summed E-state index contributed by atoms with van der Waals surface area (Å²) in [6, 6.07) is 2.45. The van der Waals surface area contributed by atoms with Crippen LogP contribution in [0.3, 0.4) is 0 Å². The molecule has 4 heterocycles. The van der Waals surface area contributed by atoms with E-state index in [0.717, 1.165) is 36.8 Å². The second-order valence-corrected chi connectivity index (χ2v) is 24.1. The summed E-state index contributed by atoms with van der Waals surface area (Å²) in [7, 11) is 7.58. The molecule has 21 heteroatoms. The smallest absolute Gasteiger partial charge is 0.409 e. The summed E-state index contributed by atoms with van der Waals surface area (Å²) >= 11 is 9.73. The van der Waals surface area contributed by atoms with Gasteiger partial charge in [-0.15, -0.1) is 11.8 Å². The van der Waals surface area contributed by atoms with E-state index in [0.29, 0.717) is 30.8 Å². The van der Waals surface area contributed by atoms with Crippen LogP contribution in [-0.4, -0.2) is 156 Å². The van der Waals surface area contributed by atoms with Crippen LogP contribution >= 0.6 is 35.1 Å². The fraction of sp³-hybridized carbons (Fsp3) is 0.655. The van der Waals surface area contributed by atoms with Crippen molar-refractivity contribution in [2.45, 2.75) is 164 Å². The number of rotatable bonds is 13. The standard InChI is InChI=1S/C51H72ClN5O13S.C4H6S/c1-28-13-12-14-38(67-11)51(65)26-36(68-48(64)54-51)29(2)44-50(6,70-44)39(25-41(59)56(9)34-22-32(21-28)23-35(66-10)43(34)52)69-47(63)30(3)55(8)40(58)19-20-49(4,5)71-37-24-42(60)57(46(37)62)27-31-15-17-33(18-16-31)45(61)53-7;1-3-4-5-2/h12-14,22-23,29-31,33,36-39,44,65H,15-21,24-27H2,1-11H3,(H,53,61)(H,54,64);1-2H3/b14-12+,28-13+;/t29-,30+,31?,33?,36+,37?,38-,39+,44?,50+,51-;/m1./s1. The van der Waals surface area contributed by atoms with Crippen LogP contribution in [0.5, 0.6) is 5.75 Å². The van der Waals surface area contributed by atoms with E-state index < -0.39 is 75.7 Å². The molecular weight excluding hydrogens is 1040 g/mol. The van der Waals surface area contributed by atoms with E-state index >= 15 is 0 Å². The summed E-state index contributed by atoms with van der Waals surface area (Å²) in [4.78, 5) is 98.2. The molecule has 1 aromatic rings. The zero-order valence-electron chi connectivity index (χ0n) is 46.2. The topological polar surface area (TPSA) is 223 Å². The summed E-state index contributed by atoms with van der Waals surface area (Å²) < 4.78 is 28.9. The average molecular weight is 1120 g/mol. The first kappa shape index (κ1) is 62.1. The minimum Gasteiger partial charge on any atom is -0.495 e. The molecule has 9 atom stereocenters. The van der Waals surface area contributed by atoms with Crippen molar-refractivity contribution in [1.29, 1.82) is 0 Å². The number of amides is 6. The van der Waals surface area contributed by atoms with Crippen LogP contribution in [0.2, 0.25) is 5.02 Å². The Bertz CT molecular complexity index is 2460. The number of carbonyl (C=O) groups excluding carboxylic acids is 7. The highest BCUT2D eigenvalue weighted by molar-refractivity contribution is 8.03. The van der Waals surface area contributed by atoms with Crippen molar-refractivity contribution in [3.05, 3.63) is 46.5 Å². The average Bonchev–Trinajstić information content (AvgIpc) is 4.01. The minimum atomic E-state index is -1.87. The fourth-order valence-corrected chi connectivity index (χ4v) is 12.3. The number of likely N-dealkylation sites (N-methyl/N-ethyl adjacent to an activating group) is 1. The maximum absolute atomic E-state index is 14.4. The highest BCUT2D eigenvalue weighted by atomic mass is 35.5. The van der Waals surface area contributed by atoms with Gasteiger partial charge in [-0.2, -0.15) is 0 Å². The lowest BCUT2D eigenvalue weighted by Gasteiger charge is -2.42. The second kappa shape index (κ2) is 26.7. The number of benzene rings is 1. The first-order chi connectivity index (χ1) is 35.8. The Labute approximate surface area is 461 Å². The SMILES string of the molecule is CC#CSC.CNC(=O)C1CCC(CN2C(=O)CC(SC(C)(C)CCC(=O)N(C)[C@@H](C)C(=O)O[C@H]3CC(=O)N(C)c4cc(cc(OC)c4Cl)C/C(C)=C/C=C/[C@@H](OC)[C@]4(O)C[C@H](OC(=O)N4)[C@@H](C)C4O[C@]43C)C2=O)CC1. The van der Waals surface area contributed by atoms with Crippen molar-refractivity contribution in [2.75, 3.05) is 53.1 Å². The Hall–Kier alpha value is -4.78. The second-order valence-electron chi connectivity index (χ2n) is 21.2. The van der Waals surface area contributed by atoms with Crippen molar-refractivity contribution in [3.8, 4) is 16.9 Å². The van der Waals surface area contributed by atoms with Gasteiger partial charge in [-0.05, 0) is 101 Å². The van der Waals surface area contributed by atoms with Crippen LogP contribution in [0.25, 0.3) is 0 Å². The molecule has 4 aliphatic heterocycles. The van der Waals surface area contributed by atoms with Crippen molar-refractivity contribution in [1.82, 2.24) is 20.4 Å². The number of ether oxygens (including phenoxy) is 5. The first-order valence-electron chi connectivity index (χ1n) is 25.8. The number of thioether (sulfide) groups is 2. The minimum absolute atomic E-state index is 0.0219. The Morgan fingerprint density at radius 1 is 1.11 bits per heavy atom. The molecule has 1 aromatic carbocycles. The molecule has 3 N–H and O–H groups in total. The van der Waals surface area contributed by atoms with Crippen LogP contribution in [-0.2, 0) is 54.1 Å². The molecule has 4 bridgehead atoms. The van der Waals surface area contributed by atoms with Gasteiger partial charge in [0.05, 0.1) is 30.6 Å². The van der Waals surface area contributed by atoms with E-state index in [9.17, 15) is 38.7 Å². The first-order valence-corrected chi connectivity index (χ1v) is 28.3. The Morgan fingerprint density at radius 3 is 2.39 bits per heavy atom. The molecule has 0 radical (unpaired) electrons. The number of epoxide rings is 1. The molecule has 420 valence electrons. The number of esters is 1. The summed E-state index contributed by atoms with van der Waals surface area (Å²) in [6.45, 7) is 12.9. The molecule has 0 spiro atoms.